The molecule has 6 heteroatoms. The Balaban J connectivity index is 1.82. The average Bonchev–Trinajstić information content (AvgIpc) is 2.86. The summed E-state index contributed by atoms with van der Waals surface area (Å²) in [6.45, 7) is 8.31. The number of piperazine rings is 1. The van der Waals surface area contributed by atoms with Gasteiger partial charge in [0.2, 0.25) is 0 Å². The van der Waals surface area contributed by atoms with Gasteiger partial charge in [-0.05, 0) is 45.0 Å². The molecule has 2 heterocycles. The number of benzene rings is 1. The van der Waals surface area contributed by atoms with Crippen molar-refractivity contribution >= 4 is 5.91 Å². The smallest absolute Gasteiger partial charge is 0.254 e. The molecule has 1 atom stereocenters. The second-order valence-electron chi connectivity index (χ2n) is 5.72. The van der Waals surface area contributed by atoms with Gasteiger partial charge in [0.05, 0.1) is 5.69 Å². The van der Waals surface area contributed by atoms with Crippen LogP contribution in [0.2, 0.25) is 0 Å². The summed E-state index contributed by atoms with van der Waals surface area (Å²) in [5.41, 5.74) is 1.63. The molecular formula is C16H21N5O. The Labute approximate surface area is 130 Å². The van der Waals surface area contributed by atoms with Gasteiger partial charge in [0.25, 0.3) is 5.91 Å². The van der Waals surface area contributed by atoms with Crippen molar-refractivity contribution in [3.8, 4) is 5.69 Å². The summed E-state index contributed by atoms with van der Waals surface area (Å²) < 4.78 is 1.79. The zero-order chi connectivity index (χ0) is 15.7. The number of amides is 1. The van der Waals surface area contributed by atoms with Crippen LogP contribution in [0, 0.1) is 13.8 Å². The fourth-order valence-electron chi connectivity index (χ4n) is 2.82. The quantitative estimate of drug-likeness (QED) is 0.908. The molecule has 1 N–H and O–H groups in total. The van der Waals surface area contributed by atoms with Crippen LogP contribution < -0.4 is 5.32 Å². The first-order valence-electron chi connectivity index (χ1n) is 7.58. The minimum Gasteiger partial charge on any atom is -0.333 e. The van der Waals surface area contributed by atoms with E-state index < -0.39 is 0 Å². The van der Waals surface area contributed by atoms with Crippen molar-refractivity contribution in [1.29, 1.82) is 0 Å². The van der Waals surface area contributed by atoms with Crippen LogP contribution >= 0.6 is 0 Å². The highest BCUT2D eigenvalue weighted by molar-refractivity contribution is 5.94. The SMILES string of the molecule is Cc1nc(C)n(-c2ccc(C(=O)N3CCNCC3C)cc2)n1. The molecular weight excluding hydrogens is 278 g/mol. The number of carbonyl (C=O) groups excluding carboxylic acids is 1. The summed E-state index contributed by atoms with van der Waals surface area (Å²) in [4.78, 5) is 18.8. The first-order chi connectivity index (χ1) is 10.6. The average molecular weight is 299 g/mol. The summed E-state index contributed by atoms with van der Waals surface area (Å²) >= 11 is 0. The molecule has 1 aliphatic heterocycles. The maximum Gasteiger partial charge on any atom is 0.254 e. The van der Waals surface area contributed by atoms with Gasteiger partial charge in [-0.15, -0.1) is 0 Å². The lowest BCUT2D eigenvalue weighted by Crippen LogP contribution is -2.52. The number of rotatable bonds is 2. The first-order valence-corrected chi connectivity index (χ1v) is 7.58. The number of aromatic nitrogens is 3. The van der Waals surface area contributed by atoms with Crippen molar-refractivity contribution in [2.24, 2.45) is 0 Å². The molecule has 116 valence electrons. The molecule has 1 unspecified atom stereocenters. The molecule has 1 saturated heterocycles. The molecule has 0 radical (unpaired) electrons. The third-order valence-corrected chi connectivity index (χ3v) is 4.00. The molecule has 3 rings (SSSR count). The van der Waals surface area contributed by atoms with Gasteiger partial charge >= 0.3 is 0 Å². The molecule has 1 aliphatic rings. The molecule has 1 fully saturated rings. The van der Waals surface area contributed by atoms with Crippen molar-refractivity contribution in [3.05, 3.63) is 41.5 Å². The highest BCUT2D eigenvalue weighted by Gasteiger charge is 2.23. The third kappa shape index (κ3) is 2.74. The van der Waals surface area contributed by atoms with Crippen molar-refractivity contribution in [2.75, 3.05) is 19.6 Å². The topological polar surface area (TPSA) is 63.1 Å². The van der Waals surface area contributed by atoms with Crippen LogP contribution in [0.3, 0.4) is 0 Å². The number of nitrogens with zero attached hydrogens (tertiary/aromatic N) is 4. The Morgan fingerprint density at radius 3 is 2.59 bits per heavy atom. The van der Waals surface area contributed by atoms with Gasteiger partial charge in [0, 0.05) is 31.2 Å². The summed E-state index contributed by atoms with van der Waals surface area (Å²) in [7, 11) is 0. The molecule has 0 saturated carbocycles. The fourth-order valence-corrected chi connectivity index (χ4v) is 2.82. The van der Waals surface area contributed by atoms with E-state index in [1.165, 1.54) is 0 Å². The Morgan fingerprint density at radius 2 is 2.00 bits per heavy atom. The van der Waals surface area contributed by atoms with Gasteiger partial charge in [-0.2, -0.15) is 5.10 Å². The summed E-state index contributed by atoms with van der Waals surface area (Å²) in [5.74, 6) is 1.67. The minimum absolute atomic E-state index is 0.0899. The van der Waals surface area contributed by atoms with Crippen molar-refractivity contribution in [1.82, 2.24) is 25.0 Å². The summed E-state index contributed by atoms with van der Waals surface area (Å²) in [6, 6.07) is 7.79. The second kappa shape index (κ2) is 5.88. The minimum atomic E-state index is 0.0899. The predicted octanol–water partition coefficient (Wildman–Crippen LogP) is 1.32. The normalized spacial score (nSPS) is 18.5. The first kappa shape index (κ1) is 14.7. The predicted molar refractivity (Wildman–Crippen MR) is 84.2 cm³/mol. The zero-order valence-corrected chi connectivity index (χ0v) is 13.2. The van der Waals surface area contributed by atoms with Gasteiger partial charge in [0.1, 0.15) is 11.6 Å². The Morgan fingerprint density at radius 1 is 1.27 bits per heavy atom. The maximum absolute atomic E-state index is 12.6. The van der Waals surface area contributed by atoms with Crippen LogP contribution in [0.15, 0.2) is 24.3 Å². The van der Waals surface area contributed by atoms with E-state index in [4.69, 9.17) is 0 Å². The van der Waals surface area contributed by atoms with Crippen LogP contribution in [0.25, 0.3) is 5.69 Å². The maximum atomic E-state index is 12.6. The van der Waals surface area contributed by atoms with Crippen LogP contribution in [-0.2, 0) is 0 Å². The Kier molecular flexibility index (Phi) is 3.94. The number of nitrogens with one attached hydrogen (secondary N) is 1. The van der Waals surface area contributed by atoms with E-state index in [-0.39, 0.29) is 11.9 Å². The van der Waals surface area contributed by atoms with E-state index in [0.29, 0.717) is 5.56 Å². The molecule has 1 aromatic heterocycles. The standard InChI is InChI=1S/C16H21N5O/c1-11-10-17-8-9-20(11)16(22)14-4-6-15(7-5-14)21-13(3)18-12(2)19-21/h4-7,11,17H,8-10H2,1-3H3. The highest BCUT2D eigenvalue weighted by Crippen LogP contribution is 2.14. The van der Waals surface area contributed by atoms with Crippen LogP contribution in [0.5, 0.6) is 0 Å². The number of hydrogen-bond donors (Lipinski definition) is 1. The molecule has 1 amide bonds. The lowest BCUT2D eigenvalue weighted by atomic mass is 10.1. The van der Waals surface area contributed by atoms with E-state index in [1.807, 2.05) is 43.0 Å². The van der Waals surface area contributed by atoms with Gasteiger partial charge in [-0.3, -0.25) is 4.79 Å². The van der Waals surface area contributed by atoms with Gasteiger partial charge in [-0.25, -0.2) is 9.67 Å². The van der Waals surface area contributed by atoms with Gasteiger partial charge < -0.3 is 10.2 Å². The van der Waals surface area contributed by atoms with Crippen molar-refractivity contribution < 1.29 is 4.79 Å². The van der Waals surface area contributed by atoms with Gasteiger partial charge in [0.15, 0.2) is 0 Å². The lowest BCUT2D eigenvalue weighted by Gasteiger charge is -2.34. The molecule has 1 aromatic carbocycles. The van der Waals surface area contributed by atoms with E-state index in [2.05, 4.69) is 22.3 Å². The van der Waals surface area contributed by atoms with E-state index in [1.54, 1.807) is 4.68 Å². The van der Waals surface area contributed by atoms with Crippen molar-refractivity contribution in [2.45, 2.75) is 26.8 Å². The fraction of sp³-hybridized carbons (Fsp3) is 0.438. The van der Waals surface area contributed by atoms with Gasteiger partial charge in [-0.1, -0.05) is 0 Å². The molecule has 2 aromatic rings. The molecule has 0 bridgehead atoms. The largest absolute Gasteiger partial charge is 0.333 e. The third-order valence-electron chi connectivity index (χ3n) is 4.00. The van der Waals surface area contributed by atoms with Crippen LogP contribution in [-0.4, -0.2) is 51.2 Å². The summed E-state index contributed by atoms with van der Waals surface area (Å²) in [6.07, 6.45) is 0. The van der Waals surface area contributed by atoms with E-state index >= 15 is 0 Å². The zero-order valence-electron chi connectivity index (χ0n) is 13.2. The number of carbonyl (C=O) groups is 1. The monoisotopic (exact) mass is 299 g/mol. The van der Waals surface area contributed by atoms with Crippen molar-refractivity contribution in [3.63, 3.8) is 0 Å². The lowest BCUT2D eigenvalue weighted by molar-refractivity contribution is 0.0656. The summed E-state index contributed by atoms with van der Waals surface area (Å²) in [5, 5.41) is 7.66. The van der Waals surface area contributed by atoms with Crippen LogP contribution in [0.4, 0.5) is 0 Å². The second-order valence-corrected chi connectivity index (χ2v) is 5.72. The Bertz CT molecular complexity index is 676. The molecule has 0 spiro atoms. The molecule has 0 aliphatic carbocycles. The van der Waals surface area contributed by atoms with Crippen LogP contribution in [0.1, 0.15) is 28.9 Å². The number of hydrogen-bond acceptors (Lipinski definition) is 4. The Hall–Kier alpha value is -2.21. The van der Waals surface area contributed by atoms with E-state index in [9.17, 15) is 4.79 Å². The molecule has 6 nitrogen and oxygen atoms in total. The molecule has 22 heavy (non-hydrogen) atoms. The highest BCUT2D eigenvalue weighted by atomic mass is 16.2. The van der Waals surface area contributed by atoms with E-state index in [0.717, 1.165) is 37.0 Å². The number of aryl methyl sites for hydroxylation is 2.